The lowest BCUT2D eigenvalue weighted by Gasteiger charge is -2.33. The Morgan fingerprint density at radius 1 is 0.850 bits per heavy atom. The number of hydrogen-bond donors (Lipinski definition) is 1. The normalized spacial score (nSPS) is 31.7. The van der Waals surface area contributed by atoms with E-state index in [-0.39, 0.29) is 6.04 Å². The van der Waals surface area contributed by atoms with Gasteiger partial charge in [-0.2, -0.15) is 17.0 Å². The molecule has 2 aliphatic heterocycles. The van der Waals surface area contributed by atoms with Crippen LogP contribution in [-0.4, -0.2) is 55.8 Å². The Bertz CT molecular complexity index is 412. The zero-order valence-electron chi connectivity index (χ0n) is 12.3. The predicted octanol–water partition coefficient (Wildman–Crippen LogP) is 1.18. The van der Waals surface area contributed by atoms with E-state index in [1.54, 1.807) is 4.31 Å². The Morgan fingerprint density at radius 3 is 2.45 bits per heavy atom. The second-order valence-electron chi connectivity index (χ2n) is 6.38. The van der Waals surface area contributed by atoms with E-state index in [9.17, 15) is 8.42 Å². The molecule has 1 atom stereocenters. The van der Waals surface area contributed by atoms with Crippen LogP contribution < -0.4 is 5.32 Å². The summed E-state index contributed by atoms with van der Waals surface area (Å²) in [7, 11) is -3.25. The molecule has 3 aliphatic rings. The molecule has 116 valence electrons. The topological polar surface area (TPSA) is 52.7 Å². The molecular weight excluding hydrogens is 274 g/mol. The monoisotopic (exact) mass is 301 g/mol. The lowest BCUT2D eigenvalue weighted by atomic mass is 9.97. The molecule has 0 bridgehead atoms. The summed E-state index contributed by atoms with van der Waals surface area (Å²) < 4.78 is 29.4. The van der Waals surface area contributed by atoms with E-state index in [0.29, 0.717) is 19.0 Å². The van der Waals surface area contributed by atoms with E-state index in [4.69, 9.17) is 0 Å². The predicted molar refractivity (Wildman–Crippen MR) is 79.7 cm³/mol. The number of nitrogens with one attached hydrogen (secondary N) is 1. The van der Waals surface area contributed by atoms with Crippen molar-refractivity contribution in [3.05, 3.63) is 0 Å². The second-order valence-corrected chi connectivity index (χ2v) is 8.26. The molecule has 5 nitrogen and oxygen atoms in total. The zero-order chi connectivity index (χ0) is 14.0. The van der Waals surface area contributed by atoms with Gasteiger partial charge in [0.2, 0.25) is 0 Å². The lowest BCUT2D eigenvalue weighted by Crippen LogP contribution is -2.48. The number of nitrogens with zero attached hydrogens (tertiary/aromatic N) is 2. The first-order chi connectivity index (χ1) is 9.69. The van der Waals surface area contributed by atoms with Gasteiger partial charge in [-0.25, -0.2) is 0 Å². The summed E-state index contributed by atoms with van der Waals surface area (Å²) in [4.78, 5) is 0. The van der Waals surface area contributed by atoms with Crippen LogP contribution in [0.1, 0.15) is 44.9 Å². The maximum atomic E-state index is 12.9. The van der Waals surface area contributed by atoms with Gasteiger partial charge in [-0.15, -0.1) is 0 Å². The highest BCUT2D eigenvalue weighted by Crippen LogP contribution is 2.37. The van der Waals surface area contributed by atoms with E-state index in [0.717, 1.165) is 38.9 Å². The van der Waals surface area contributed by atoms with Crippen molar-refractivity contribution in [2.75, 3.05) is 32.7 Å². The van der Waals surface area contributed by atoms with Gasteiger partial charge in [0, 0.05) is 32.2 Å². The van der Waals surface area contributed by atoms with Crippen molar-refractivity contribution < 1.29 is 8.42 Å². The van der Waals surface area contributed by atoms with E-state index in [1.165, 1.54) is 25.7 Å². The first kappa shape index (κ1) is 14.8. The Balaban J connectivity index is 1.74. The zero-order valence-corrected chi connectivity index (χ0v) is 13.1. The molecule has 1 unspecified atom stereocenters. The number of rotatable bonds is 3. The smallest absolute Gasteiger partial charge is 0.282 e. The summed E-state index contributed by atoms with van der Waals surface area (Å²) in [5.74, 6) is 0.609. The standard InChI is InChI=1S/C14H27N3O2S/c18-20(19,16-10-4-8-15-9-12-16)17-11-3-7-14(17)13-5-1-2-6-13/h13-15H,1-12H2. The van der Waals surface area contributed by atoms with Crippen molar-refractivity contribution in [3.8, 4) is 0 Å². The molecule has 2 saturated heterocycles. The largest absolute Gasteiger partial charge is 0.315 e. The van der Waals surface area contributed by atoms with Crippen LogP contribution in [0.5, 0.6) is 0 Å². The van der Waals surface area contributed by atoms with Crippen molar-refractivity contribution in [1.82, 2.24) is 13.9 Å². The van der Waals surface area contributed by atoms with Gasteiger partial charge in [-0.1, -0.05) is 12.8 Å². The van der Waals surface area contributed by atoms with Crippen molar-refractivity contribution in [1.29, 1.82) is 0 Å². The highest BCUT2D eigenvalue weighted by molar-refractivity contribution is 7.86. The average molecular weight is 301 g/mol. The van der Waals surface area contributed by atoms with Crippen molar-refractivity contribution in [2.45, 2.75) is 51.0 Å². The van der Waals surface area contributed by atoms with E-state index < -0.39 is 10.2 Å². The minimum Gasteiger partial charge on any atom is -0.315 e. The van der Waals surface area contributed by atoms with Crippen LogP contribution >= 0.6 is 0 Å². The fourth-order valence-electron chi connectivity index (χ4n) is 4.07. The van der Waals surface area contributed by atoms with Crippen LogP contribution in [0.4, 0.5) is 0 Å². The molecule has 2 heterocycles. The summed E-state index contributed by atoms with van der Waals surface area (Å²) >= 11 is 0. The van der Waals surface area contributed by atoms with Gasteiger partial charge in [-0.05, 0) is 44.6 Å². The second kappa shape index (κ2) is 6.30. The van der Waals surface area contributed by atoms with Crippen LogP contribution in [0.2, 0.25) is 0 Å². The number of hydrogen-bond acceptors (Lipinski definition) is 3. The molecule has 0 radical (unpaired) electrons. The molecule has 0 aromatic heterocycles. The Hall–Kier alpha value is -0.170. The third kappa shape index (κ3) is 2.89. The third-order valence-electron chi connectivity index (χ3n) is 5.11. The van der Waals surface area contributed by atoms with Crippen LogP contribution in [-0.2, 0) is 10.2 Å². The minimum absolute atomic E-state index is 0.277. The summed E-state index contributed by atoms with van der Waals surface area (Å²) in [6, 6.07) is 0.277. The maximum absolute atomic E-state index is 12.9. The lowest BCUT2D eigenvalue weighted by molar-refractivity contribution is 0.266. The Morgan fingerprint density at radius 2 is 1.65 bits per heavy atom. The SMILES string of the molecule is O=S(=O)(N1CCCNCC1)N1CCCC1C1CCCC1. The first-order valence-corrected chi connectivity index (χ1v) is 9.57. The molecule has 3 fully saturated rings. The molecule has 6 heteroatoms. The molecular formula is C14H27N3O2S. The first-order valence-electron chi connectivity index (χ1n) is 8.17. The van der Waals surface area contributed by atoms with Gasteiger partial charge in [0.05, 0.1) is 0 Å². The molecule has 1 N–H and O–H groups in total. The summed E-state index contributed by atoms with van der Waals surface area (Å²) in [5, 5.41) is 3.28. The van der Waals surface area contributed by atoms with Gasteiger partial charge in [-0.3, -0.25) is 0 Å². The minimum atomic E-state index is -3.25. The highest BCUT2D eigenvalue weighted by atomic mass is 32.2. The van der Waals surface area contributed by atoms with Crippen LogP contribution in [0, 0.1) is 5.92 Å². The molecule has 0 amide bonds. The molecule has 1 saturated carbocycles. The van der Waals surface area contributed by atoms with E-state index in [2.05, 4.69) is 5.32 Å². The molecule has 0 spiro atoms. The molecule has 0 aromatic rings. The van der Waals surface area contributed by atoms with Gasteiger partial charge < -0.3 is 5.32 Å². The molecule has 0 aromatic carbocycles. The van der Waals surface area contributed by atoms with Crippen molar-refractivity contribution >= 4 is 10.2 Å². The summed E-state index contributed by atoms with van der Waals surface area (Å²) in [6.45, 7) is 3.73. The fourth-order valence-corrected chi connectivity index (χ4v) is 6.02. The van der Waals surface area contributed by atoms with Crippen LogP contribution in [0.25, 0.3) is 0 Å². The van der Waals surface area contributed by atoms with Gasteiger partial charge in [0.1, 0.15) is 0 Å². The quantitative estimate of drug-likeness (QED) is 0.852. The van der Waals surface area contributed by atoms with E-state index >= 15 is 0 Å². The summed E-state index contributed by atoms with van der Waals surface area (Å²) in [6.07, 6.45) is 8.02. The Labute approximate surface area is 122 Å². The molecule has 1 aliphatic carbocycles. The average Bonchev–Trinajstić information content (AvgIpc) is 3.04. The fraction of sp³-hybridized carbons (Fsp3) is 1.00. The highest BCUT2D eigenvalue weighted by Gasteiger charge is 2.42. The van der Waals surface area contributed by atoms with Crippen molar-refractivity contribution in [2.24, 2.45) is 5.92 Å². The van der Waals surface area contributed by atoms with Gasteiger partial charge in [0.15, 0.2) is 0 Å². The van der Waals surface area contributed by atoms with Crippen molar-refractivity contribution in [3.63, 3.8) is 0 Å². The third-order valence-corrected chi connectivity index (χ3v) is 7.18. The Kier molecular flexibility index (Phi) is 4.65. The van der Waals surface area contributed by atoms with E-state index in [1.807, 2.05) is 4.31 Å². The van der Waals surface area contributed by atoms with Gasteiger partial charge in [0.25, 0.3) is 10.2 Å². The molecule has 20 heavy (non-hydrogen) atoms. The maximum Gasteiger partial charge on any atom is 0.282 e. The van der Waals surface area contributed by atoms with Crippen LogP contribution in [0.3, 0.4) is 0 Å². The summed E-state index contributed by atoms with van der Waals surface area (Å²) in [5.41, 5.74) is 0. The molecule has 3 rings (SSSR count). The van der Waals surface area contributed by atoms with Crippen LogP contribution in [0.15, 0.2) is 0 Å². The van der Waals surface area contributed by atoms with Gasteiger partial charge >= 0.3 is 0 Å².